The average Bonchev–Trinajstić information content (AvgIpc) is 3.79. The van der Waals surface area contributed by atoms with Gasteiger partial charge < -0.3 is 9.88 Å². The summed E-state index contributed by atoms with van der Waals surface area (Å²) in [7, 11) is 4.20. The van der Waals surface area contributed by atoms with Crippen LogP contribution in [0.4, 0.5) is 0 Å². The fourth-order valence-corrected chi connectivity index (χ4v) is 6.94. The molecule has 1 saturated heterocycles. The van der Waals surface area contributed by atoms with Gasteiger partial charge in [-0.15, -0.1) is 0 Å². The Morgan fingerprint density at radius 1 is 0.804 bits per heavy atom. The lowest BCUT2D eigenvalue weighted by molar-refractivity contribution is 0.105. The summed E-state index contributed by atoms with van der Waals surface area (Å²) in [4.78, 5) is 14.7. The largest absolute Gasteiger partial charge is 0.361 e. The van der Waals surface area contributed by atoms with Crippen molar-refractivity contribution in [2.75, 3.05) is 46.8 Å². The highest BCUT2D eigenvalue weighted by Crippen LogP contribution is 2.31. The Labute approximate surface area is 308 Å². The van der Waals surface area contributed by atoms with E-state index in [0.29, 0.717) is 0 Å². The number of aromatic amines is 1. The SMILES string of the molecule is CC(C)(C)c1ccc(CN2CCN(C(c3ccccc3)c3ccc(Cl)cc3)CC2)cc1.CN(C)CCc1c[nH]c2ccc(Cn3cncn3)cc12. The number of rotatable bonds is 10. The molecule has 0 saturated carbocycles. The van der Waals surface area contributed by atoms with Crippen LogP contribution in [0, 0.1) is 0 Å². The van der Waals surface area contributed by atoms with Crippen molar-refractivity contribution >= 4 is 22.5 Å². The Bertz CT molecular complexity index is 1920. The van der Waals surface area contributed by atoms with E-state index in [0.717, 1.165) is 57.3 Å². The molecule has 0 radical (unpaired) electrons. The van der Waals surface area contributed by atoms with Crippen LogP contribution in [0.3, 0.4) is 0 Å². The molecule has 3 heterocycles. The van der Waals surface area contributed by atoms with Gasteiger partial charge in [-0.25, -0.2) is 9.67 Å². The van der Waals surface area contributed by atoms with Gasteiger partial charge in [-0.2, -0.15) is 5.10 Å². The van der Waals surface area contributed by atoms with E-state index in [2.05, 4.69) is 156 Å². The highest BCUT2D eigenvalue weighted by molar-refractivity contribution is 6.30. The Hall–Kier alpha value is -4.27. The number of benzene rings is 4. The highest BCUT2D eigenvalue weighted by Gasteiger charge is 2.26. The van der Waals surface area contributed by atoms with E-state index in [-0.39, 0.29) is 11.5 Å². The van der Waals surface area contributed by atoms with E-state index >= 15 is 0 Å². The number of hydrogen-bond donors (Lipinski definition) is 1. The maximum atomic E-state index is 6.16. The van der Waals surface area contributed by atoms with E-state index < -0.39 is 0 Å². The van der Waals surface area contributed by atoms with Crippen LogP contribution in [-0.4, -0.2) is 81.3 Å². The molecule has 0 bridgehead atoms. The van der Waals surface area contributed by atoms with Gasteiger partial charge in [-0.3, -0.25) is 9.80 Å². The minimum Gasteiger partial charge on any atom is -0.361 e. The van der Waals surface area contributed by atoms with Crippen LogP contribution in [0.15, 0.2) is 116 Å². The van der Waals surface area contributed by atoms with E-state index in [1.54, 1.807) is 12.7 Å². The summed E-state index contributed by atoms with van der Waals surface area (Å²) in [6.45, 7) is 13.9. The van der Waals surface area contributed by atoms with Crippen molar-refractivity contribution in [1.29, 1.82) is 0 Å². The van der Waals surface area contributed by atoms with Crippen LogP contribution in [0.2, 0.25) is 5.02 Å². The number of aromatic nitrogens is 4. The summed E-state index contributed by atoms with van der Waals surface area (Å²) in [6, 6.07) is 35.2. The van der Waals surface area contributed by atoms with Gasteiger partial charge in [-0.05, 0) is 83.6 Å². The zero-order chi connectivity index (χ0) is 35.8. The first-order valence-corrected chi connectivity index (χ1v) is 18.4. The van der Waals surface area contributed by atoms with Gasteiger partial charge in [0.15, 0.2) is 0 Å². The number of nitrogens with one attached hydrogen (secondary N) is 1. The molecular weight excluding hydrogens is 650 g/mol. The predicted octanol–water partition coefficient (Wildman–Crippen LogP) is 8.46. The third kappa shape index (κ3) is 9.95. The molecule has 266 valence electrons. The molecule has 1 N–H and O–H groups in total. The maximum Gasteiger partial charge on any atom is 0.137 e. The van der Waals surface area contributed by atoms with Crippen molar-refractivity contribution in [3.63, 3.8) is 0 Å². The summed E-state index contributed by atoms with van der Waals surface area (Å²) in [6.07, 6.45) is 6.48. The molecule has 7 nitrogen and oxygen atoms in total. The zero-order valence-electron chi connectivity index (χ0n) is 30.8. The molecule has 1 aliphatic rings. The lowest BCUT2D eigenvalue weighted by Crippen LogP contribution is -2.47. The average molecular weight is 702 g/mol. The Balaban J connectivity index is 0.000000193. The molecule has 2 aromatic heterocycles. The minimum atomic E-state index is 0.207. The van der Waals surface area contributed by atoms with Crippen LogP contribution in [0.25, 0.3) is 10.9 Å². The predicted molar refractivity (Wildman–Crippen MR) is 211 cm³/mol. The number of piperazine rings is 1. The quantitative estimate of drug-likeness (QED) is 0.155. The van der Waals surface area contributed by atoms with Crippen LogP contribution in [0.5, 0.6) is 0 Å². The first-order chi connectivity index (χ1) is 24.6. The van der Waals surface area contributed by atoms with Crippen molar-refractivity contribution in [2.24, 2.45) is 0 Å². The Morgan fingerprint density at radius 3 is 2.14 bits per heavy atom. The van der Waals surface area contributed by atoms with Gasteiger partial charge in [0.1, 0.15) is 12.7 Å². The lowest BCUT2D eigenvalue weighted by Gasteiger charge is -2.40. The maximum absolute atomic E-state index is 6.16. The minimum absolute atomic E-state index is 0.207. The van der Waals surface area contributed by atoms with Crippen molar-refractivity contribution in [3.8, 4) is 0 Å². The summed E-state index contributed by atoms with van der Waals surface area (Å²) >= 11 is 6.16. The third-order valence-corrected chi connectivity index (χ3v) is 10.0. The van der Waals surface area contributed by atoms with Gasteiger partial charge in [0, 0.05) is 61.4 Å². The fraction of sp³-hybridized carbons (Fsp3) is 0.349. The molecule has 1 fully saturated rings. The molecule has 51 heavy (non-hydrogen) atoms. The lowest BCUT2D eigenvalue weighted by atomic mass is 9.87. The van der Waals surface area contributed by atoms with E-state index in [1.807, 2.05) is 16.8 Å². The highest BCUT2D eigenvalue weighted by atomic mass is 35.5. The molecule has 4 aromatic carbocycles. The normalized spacial score (nSPS) is 14.8. The van der Waals surface area contributed by atoms with Gasteiger partial charge in [0.2, 0.25) is 0 Å². The number of likely N-dealkylation sites (N-methyl/N-ethyl adjacent to an activating group) is 1. The second kappa shape index (κ2) is 16.8. The van der Waals surface area contributed by atoms with Crippen LogP contribution in [-0.2, 0) is 24.9 Å². The molecule has 0 amide bonds. The topological polar surface area (TPSA) is 56.2 Å². The number of H-pyrrole nitrogens is 1. The van der Waals surface area contributed by atoms with Crippen LogP contribution < -0.4 is 0 Å². The molecule has 1 atom stereocenters. The number of hydrogen-bond acceptors (Lipinski definition) is 5. The molecule has 7 rings (SSSR count). The van der Waals surface area contributed by atoms with E-state index in [4.69, 9.17) is 11.6 Å². The standard InChI is InChI=1S/C28H33ClN2.C15H19N5/c1-28(2,3)25-13-9-22(10-14-25)21-30-17-19-31(20-18-30)27(23-7-5-4-6-8-23)24-11-15-26(29)16-12-24;1-19(2)6-5-13-8-17-15-4-3-12(7-14(13)15)9-20-11-16-10-18-20/h4-16,27H,17-21H2,1-3H3;3-4,7-8,10-11,17H,5-6,9H2,1-2H3. The van der Waals surface area contributed by atoms with Gasteiger partial charge in [-0.1, -0.05) is 105 Å². The molecule has 0 spiro atoms. The van der Waals surface area contributed by atoms with Crippen molar-refractivity contribution in [2.45, 2.75) is 51.7 Å². The Morgan fingerprint density at radius 2 is 1.49 bits per heavy atom. The van der Waals surface area contributed by atoms with Crippen LogP contribution in [0.1, 0.15) is 60.2 Å². The summed E-state index contributed by atoms with van der Waals surface area (Å²) in [5.74, 6) is 0. The van der Waals surface area contributed by atoms with Gasteiger partial charge >= 0.3 is 0 Å². The zero-order valence-corrected chi connectivity index (χ0v) is 31.5. The van der Waals surface area contributed by atoms with Crippen LogP contribution >= 0.6 is 11.6 Å². The second-order valence-electron chi connectivity index (χ2n) is 15.0. The monoisotopic (exact) mass is 701 g/mol. The van der Waals surface area contributed by atoms with Gasteiger partial charge in [0.05, 0.1) is 12.6 Å². The second-order valence-corrected chi connectivity index (χ2v) is 15.4. The van der Waals surface area contributed by atoms with E-state index in [9.17, 15) is 0 Å². The number of fused-ring (bicyclic) bond motifs is 1. The Kier molecular flexibility index (Phi) is 12.1. The molecule has 0 aliphatic carbocycles. The smallest absolute Gasteiger partial charge is 0.137 e. The molecule has 6 aromatic rings. The summed E-state index contributed by atoms with van der Waals surface area (Å²) < 4.78 is 1.84. The number of halogens is 1. The van der Waals surface area contributed by atoms with Crippen molar-refractivity contribution in [1.82, 2.24) is 34.4 Å². The van der Waals surface area contributed by atoms with E-state index in [1.165, 1.54) is 44.3 Å². The first-order valence-electron chi connectivity index (χ1n) is 18.0. The number of nitrogens with zero attached hydrogens (tertiary/aromatic N) is 6. The first kappa shape index (κ1) is 36.5. The third-order valence-electron chi connectivity index (χ3n) is 9.77. The summed E-state index contributed by atoms with van der Waals surface area (Å²) in [5, 5.41) is 6.25. The van der Waals surface area contributed by atoms with Crippen molar-refractivity contribution < 1.29 is 0 Å². The van der Waals surface area contributed by atoms with Crippen molar-refractivity contribution in [3.05, 3.63) is 154 Å². The fourth-order valence-electron chi connectivity index (χ4n) is 6.82. The molecule has 1 unspecified atom stereocenters. The molecule has 8 heteroatoms. The summed E-state index contributed by atoms with van der Waals surface area (Å²) in [5.41, 5.74) is 9.47. The van der Waals surface area contributed by atoms with Gasteiger partial charge in [0.25, 0.3) is 0 Å². The molecular formula is C43H52ClN7. The molecule has 1 aliphatic heterocycles.